The summed E-state index contributed by atoms with van der Waals surface area (Å²) in [6.07, 6.45) is 4.08. The highest BCUT2D eigenvalue weighted by Gasteiger charge is 2.32. The van der Waals surface area contributed by atoms with Crippen LogP contribution in [0.3, 0.4) is 0 Å². The van der Waals surface area contributed by atoms with Crippen LogP contribution in [0, 0.1) is 5.92 Å². The van der Waals surface area contributed by atoms with Crippen molar-refractivity contribution >= 4 is 0 Å². The number of hydrogen-bond acceptors (Lipinski definition) is 2. The van der Waals surface area contributed by atoms with Crippen LogP contribution in [0.15, 0.2) is 0 Å². The van der Waals surface area contributed by atoms with Crippen LogP contribution in [0.25, 0.3) is 0 Å². The fourth-order valence-corrected chi connectivity index (χ4v) is 1.86. The molecule has 72 valence electrons. The third-order valence-electron chi connectivity index (χ3n) is 2.52. The molecule has 0 saturated heterocycles. The average Bonchev–Trinajstić information content (AvgIpc) is 2.70. The summed E-state index contributed by atoms with van der Waals surface area (Å²) >= 11 is 0. The van der Waals surface area contributed by atoms with Crippen LogP contribution in [0.2, 0.25) is 0 Å². The zero-order valence-electron chi connectivity index (χ0n) is 8.56. The van der Waals surface area contributed by atoms with E-state index in [9.17, 15) is 0 Å². The maximum Gasteiger partial charge on any atom is 0.0280 e. The lowest BCUT2D eigenvalue weighted by Crippen LogP contribution is -2.51. The molecule has 1 atom stereocenters. The summed E-state index contributed by atoms with van der Waals surface area (Å²) in [6.45, 7) is 7.36. The highest BCUT2D eigenvalue weighted by molar-refractivity contribution is 4.91. The van der Waals surface area contributed by atoms with E-state index in [1.165, 1.54) is 19.3 Å². The van der Waals surface area contributed by atoms with Gasteiger partial charge in [-0.25, -0.2) is 0 Å². The summed E-state index contributed by atoms with van der Waals surface area (Å²) < 4.78 is 0. The lowest BCUT2D eigenvalue weighted by Gasteiger charge is -2.31. The van der Waals surface area contributed by atoms with Gasteiger partial charge >= 0.3 is 0 Å². The predicted molar refractivity (Wildman–Crippen MR) is 53.1 cm³/mol. The molecule has 1 aliphatic rings. The molecular weight excluding hydrogens is 148 g/mol. The summed E-state index contributed by atoms with van der Waals surface area (Å²) in [6, 6.07) is 0.539. The molecule has 1 fully saturated rings. The summed E-state index contributed by atoms with van der Waals surface area (Å²) in [4.78, 5) is 0. The van der Waals surface area contributed by atoms with Crippen molar-refractivity contribution in [3.63, 3.8) is 0 Å². The lowest BCUT2D eigenvalue weighted by atomic mass is 9.94. The molecule has 3 N–H and O–H groups in total. The van der Waals surface area contributed by atoms with E-state index in [2.05, 4.69) is 26.1 Å². The molecule has 0 heterocycles. The molecular formula is C10H22N2. The van der Waals surface area contributed by atoms with Crippen molar-refractivity contribution in [1.29, 1.82) is 0 Å². The molecule has 1 saturated carbocycles. The Morgan fingerprint density at radius 2 is 2.08 bits per heavy atom. The predicted octanol–water partition coefficient (Wildman–Crippen LogP) is 1.50. The van der Waals surface area contributed by atoms with Crippen molar-refractivity contribution in [2.24, 2.45) is 11.7 Å². The molecule has 0 radical (unpaired) electrons. The smallest absolute Gasteiger partial charge is 0.0280 e. The molecule has 12 heavy (non-hydrogen) atoms. The quantitative estimate of drug-likeness (QED) is 0.656. The van der Waals surface area contributed by atoms with E-state index in [0.717, 1.165) is 12.5 Å². The molecule has 0 aromatic heterocycles. The summed E-state index contributed by atoms with van der Waals surface area (Å²) in [7, 11) is 0. The van der Waals surface area contributed by atoms with Crippen LogP contribution in [0.5, 0.6) is 0 Å². The summed E-state index contributed by atoms with van der Waals surface area (Å²) in [5, 5.41) is 3.55. The third-order valence-corrected chi connectivity index (χ3v) is 2.52. The van der Waals surface area contributed by atoms with Gasteiger partial charge in [-0.2, -0.15) is 0 Å². The Hall–Kier alpha value is -0.0800. The average molecular weight is 170 g/mol. The zero-order valence-corrected chi connectivity index (χ0v) is 8.56. The topological polar surface area (TPSA) is 38.0 Å². The van der Waals surface area contributed by atoms with Crippen LogP contribution in [-0.4, -0.2) is 18.1 Å². The first-order chi connectivity index (χ1) is 5.56. The van der Waals surface area contributed by atoms with Crippen LogP contribution in [0.4, 0.5) is 0 Å². The standard InChI is InChI=1S/C10H22N2/c1-8(2)12-10(3,7-11)6-9-4-5-9/h8-9,12H,4-7,11H2,1-3H3. The highest BCUT2D eigenvalue weighted by atomic mass is 15.0. The molecule has 0 bridgehead atoms. The Morgan fingerprint density at radius 1 is 1.50 bits per heavy atom. The van der Waals surface area contributed by atoms with Crippen molar-refractivity contribution in [3.8, 4) is 0 Å². The Labute approximate surface area is 75.9 Å². The Kier molecular flexibility index (Phi) is 3.13. The van der Waals surface area contributed by atoms with Crippen LogP contribution in [-0.2, 0) is 0 Å². The second kappa shape index (κ2) is 3.75. The second-order valence-corrected chi connectivity index (χ2v) is 4.71. The van der Waals surface area contributed by atoms with Gasteiger partial charge in [-0.3, -0.25) is 0 Å². The first-order valence-electron chi connectivity index (χ1n) is 5.03. The normalized spacial score (nSPS) is 22.8. The van der Waals surface area contributed by atoms with Gasteiger partial charge < -0.3 is 11.1 Å². The van der Waals surface area contributed by atoms with E-state index in [1.54, 1.807) is 0 Å². The van der Waals surface area contributed by atoms with Gasteiger partial charge in [-0.1, -0.05) is 26.7 Å². The van der Waals surface area contributed by atoms with Crippen molar-refractivity contribution in [2.45, 2.75) is 51.6 Å². The fraction of sp³-hybridized carbons (Fsp3) is 1.00. The molecule has 0 aromatic rings. The van der Waals surface area contributed by atoms with Crippen molar-refractivity contribution in [1.82, 2.24) is 5.32 Å². The van der Waals surface area contributed by atoms with E-state index in [0.29, 0.717) is 6.04 Å². The number of nitrogens with one attached hydrogen (secondary N) is 1. The number of rotatable bonds is 5. The molecule has 0 aliphatic heterocycles. The monoisotopic (exact) mass is 170 g/mol. The zero-order chi connectivity index (χ0) is 9.19. The Morgan fingerprint density at radius 3 is 2.42 bits per heavy atom. The van der Waals surface area contributed by atoms with E-state index in [-0.39, 0.29) is 5.54 Å². The largest absolute Gasteiger partial charge is 0.329 e. The van der Waals surface area contributed by atoms with Crippen molar-refractivity contribution in [3.05, 3.63) is 0 Å². The van der Waals surface area contributed by atoms with Gasteiger partial charge in [0.2, 0.25) is 0 Å². The minimum atomic E-state index is 0.176. The maximum atomic E-state index is 5.77. The van der Waals surface area contributed by atoms with E-state index >= 15 is 0 Å². The van der Waals surface area contributed by atoms with Crippen LogP contribution < -0.4 is 11.1 Å². The third kappa shape index (κ3) is 3.11. The van der Waals surface area contributed by atoms with Gasteiger partial charge in [0.05, 0.1) is 0 Å². The van der Waals surface area contributed by atoms with Gasteiger partial charge in [-0.05, 0) is 19.3 Å². The minimum absolute atomic E-state index is 0.176. The van der Waals surface area contributed by atoms with Crippen molar-refractivity contribution in [2.75, 3.05) is 6.54 Å². The van der Waals surface area contributed by atoms with Crippen LogP contribution >= 0.6 is 0 Å². The molecule has 2 nitrogen and oxygen atoms in total. The molecule has 0 spiro atoms. The molecule has 1 rings (SSSR count). The van der Waals surface area contributed by atoms with E-state index in [1.807, 2.05) is 0 Å². The first kappa shape index (κ1) is 10.0. The molecule has 0 amide bonds. The molecule has 1 unspecified atom stereocenters. The Balaban J connectivity index is 2.36. The summed E-state index contributed by atoms with van der Waals surface area (Å²) in [5.74, 6) is 0.949. The first-order valence-corrected chi connectivity index (χ1v) is 5.03. The fourth-order valence-electron chi connectivity index (χ4n) is 1.86. The lowest BCUT2D eigenvalue weighted by molar-refractivity contribution is 0.299. The summed E-state index contributed by atoms with van der Waals surface area (Å²) in [5.41, 5.74) is 5.94. The second-order valence-electron chi connectivity index (χ2n) is 4.71. The molecule has 2 heteroatoms. The molecule has 1 aliphatic carbocycles. The van der Waals surface area contributed by atoms with Gasteiger partial charge in [0.15, 0.2) is 0 Å². The highest BCUT2D eigenvalue weighted by Crippen LogP contribution is 2.36. The maximum absolute atomic E-state index is 5.77. The molecule has 0 aromatic carbocycles. The SMILES string of the molecule is CC(C)NC(C)(CN)CC1CC1. The Bertz CT molecular complexity index is 135. The van der Waals surface area contributed by atoms with Gasteiger partial charge in [0, 0.05) is 18.1 Å². The van der Waals surface area contributed by atoms with E-state index < -0.39 is 0 Å². The van der Waals surface area contributed by atoms with Crippen molar-refractivity contribution < 1.29 is 0 Å². The minimum Gasteiger partial charge on any atom is -0.329 e. The number of hydrogen-bond donors (Lipinski definition) is 2. The number of nitrogens with two attached hydrogens (primary N) is 1. The van der Waals surface area contributed by atoms with Gasteiger partial charge in [0.25, 0.3) is 0 Å². The van der Waals surface area contributed by atoms with Gasteiger partial charge in [-0.15, -0.1) is 0 Å². The van der Waals surface area contributed by atoms with E-state index in [4.69, 9.17) is 5.73 Å². The van der Waals surface area contributed by atoms with Gasteiger partial charge in [0.1, 0.15) is 0 Å². The van der Waals surface area contributed by atoms with Crippen LogP contribution in [0.1, 0.15) is 40.0 Å².